The predicted molar refractivity (Wildman–Crippen MR) is 45.4 cm³/mol. The molecule has 4 nitrogen and oxygen atoms in total. The highest BCUT2D eigenvalue weighted by Crippen LogP contribution is 2.03. The second-order valence-corrected chi connectivity index (χ2v) is 2.60. The number of nitrogens with two attached hydrogens (primary N) is 1. The summed E-state index contributed by atoms with van der Waals surface area (Å²) in [5.41, 5.74) is 2.66. The van der Waals surface area contributed by atoms with E-state index < -0.39 is 0 Å². The fourth-order valence-corrected chi connectivity index (χ4v) is 1.04. The Bertz CT molecular complexity index is 199. The standard InChI is InChI=1S/C8H14N2O2/c1-11-6-7(10-9)5-8-3-2-4-12-8/h2-4,7,10H,5-6,9H2,1H3. The van der Waals surface area contributed by atoms with E-state index in [1.165, 1.54) is 0 Å². The van der Waals surface area contributed by atoms with Gasteiger partial charge in [0.1, 0.15) is 5.76 Å². The van der Waals surface area contributed by atoms with Crippen LogP contribution >= 0.6 is 0 Å². The second-order valence-electron chi connectivity index (χ2n) is 2.60. The van der Waals surface area contributed by atoms with Gasteiger partial charge in [0, 0.05) is 13.5 Å². The molecule has 12 heavy (non-hydrogen) atoms. The molecular formula is C8H14N2O2. The summed E-state index contributed by atoms with van der Waals surface area (Å²) in [5.74, 6) is 6.22. The Hall–Kier alpha value is -0.840. The average Bonchev–Trinajstić information content (AvgIpc) is 2.56. The Balaban J connectivity index is 2.37. The molecule has 1 heterocycles. The van der Waals surface area contributed by atoms with Gasteiger partial charge in [0.2, 0.25) is 0 Å². The Kier molecular flexibility index (Phi) is 3.79. The molecule has 0 amide bonds. The maximum atomic E-state index is 5.30. The summed E-state index contributed by atoms with van der Waals surface area (Å²) >= 11 is 0. The molecule has 0 aliphatic heterocycles. The molecule has 1 rings (SSSR count). The lowest BCUT2D eigenvalue weighted by Crippen LogP contribution is -2.39. The number of nitrogens with one attached hydrogen (secondary N) is 1. The van der Waals surface area contributed by atoms with E-state index in [4.69, 9.17) is 15.0 Å². The van der Waals surface area contributed by atoms with Crippen LogP contribution in [0.1, 0.15) is 5.76 Å². The molecule has 68 valence electrons. The fourth-order valence-electron chi connectivity index (χ4n) is 1.04. The minimum Gasteiger partial charge on any atom is -0.469 e. The number of hydrogen-bond donors (Lipinski definition) is 2. The summed E-state index contributed by atoms with van der Waals surface area (Å²) in [6, 6.07) is 3.89. The van der Waals surface area contributed by atoms with Gasteiger partial charge in [-0.2, -0.15) is 0 Å². The van der Waals surface area contributed by atoms with Gasteiger partial charge in [0.15, 0.2) is 0 Å². The van der Waals surface area contributed by atoms with Crippen LogP contribution in [0, 0.1) is 0 Å². The zero-order valence-corrected chi connectivity index (χ0v) is 7.12. The molecular weight excluding hydrogens is 156 g/mol. The zero-order valence-electron chi connectivity index (χ0n) is 7.12. The van der Waals surface area contributed by atoms with Gasteiger partial charge in [-0.3, -0.25) is 11.3 Å². The van der Waals surface area contributed by atoms with Crippen molar-refractivity contribution in [1.82, 2.24) is 5.43 Å². The van der Waals surface area contributed by atoms with E-state index >= 15 is 0 Å². The van der Waals surface area contributed by atoms with Gasteiger partial charge in [-0.1, -0.05) is 0 Å². The van der Waals surface area contributed by atoms with Crippen molar-refractivity contribution < 1.29 is 9.15 Å². The minimum absolute atomic E-state index is 0.112. The highest BCUT2D eigenvalue weighted by Gasteiger charge is 2.08. The fraction of sp³-hybridized carbons (Fsp3) is 0.500. The van der Waals surface area contributed by atoms with Crippen LogP contribution in [0.5, 0.6) is 0 Å². The largest absolute Gasteiger partial charge is 0.469 e. The van der Waals surface area contributed by atoms with Crippen molar-refractivity contribution >= 4 is 0 Å². The van der Waals surface area contributed by atoms with Crippen molar-refractivity contribution in [1.29, 1.82) is 0 Å². The summed E-state index contributed by atoms with van der Waals surface area (Å²) in [6.45, 7) is 0.581. The van der Waals surface area contributed by atoms with Crippen LogP contribution in [-0.2, 0) is 11.2 Å². The van der Waals surface area contributed by atoms with Crippen LogP contribution in [0.2, 0.25) is 0 Å². The molecule has 0 aliphatic carbocycles. The van der Waals surface area contributed by atoms with Crippen molar-refractivity contribution in [2.45, 2.75) is 12.5 Å². The predicted octanol–water partition coefficient (Wildman–Crippen LogP) is 0.300. The van der Waals surface area contributed by atoms with E-state index in [-0.39, 0.29) is 6.04 Å². The van der Waals surface area contributed by atoms with Crippen LogP contribution in [-0.4, -0.2) is 19.8 Å². The molecule has 4 heteroatoms. The van der Waals surface area contributed by atoms with Gasteiger partial charge in [0.05, 0.1) is 18.9 Å². The number of hydrogen-bond acceptors (Lipinski definition) is 4. The van der Waals surface area contributed by atoms with Crippen LogP contribution in [0.4, 0.5) is 0 Å². The molecule has 1 atom stereocenters. The van der Waals surface area contributed by atoms with E-state index in [1.807, 2.05) is 12.1 Å². The summed E-state index contributed by atoms with van der Waals surface area (Å²) in [7, 11) is 1.65. The highest BCUT2D eigenvalue weighted by molar-refractivity contribution is 5.00. The number of methoxy groups -OCH3 is 1. The first kappa shape index (κ1) is 9.25. The van der Waals surface area contributed by atoms with Crippen LogP contribution in [0.25, 0.3) is 0 Å². The van der Waals surface area contributed by atoms with Crippen molar-refractivity contribution in [3.63, 3.8) is 0 Å². The smallest absolute Gasteiger partial charge is 0.105 e. The zero-order chi connectivity index (χ0) is 8.81. The van der Waals surface area contributed by atoms with Crippen molar-refractivity contribution in [2.75, 3.05) is 13.7 Å². The van der Waals surface area contributed by atoms with Gasteiger partial charge >= 0.3 is 0 Å². The topological polar surface area (TPSA) is 60.4 Å². The third-order valence-electron chi connectivity index (χ3n) is 1.63. The SMILES string of the molecule is COCC(Cc1ccco1)NN. The van der Waals surface area contributed by atoms with Gasteiger partial charge in [-0.05, 0) is 12.1 Å². The average molecular weight is 170 g/mol. The molecule has 0 saturated carbocycles. The molecule has 0 aromatic carbocycles. The molecule has 0 aliphatic rings. The molecule has 3 N–H and O–H groups in total. The Labute approximate surface area is 71.7 Å². The van der Waals surface area contributed by atoms with Gasteiger partial charge in [0.25, 0.3) is 0 Å². The molecule has 0 radical (unpaired) electrons. The van der Waals surface area contributed by atoms with Crippen molar-refractivity contribution in [3.05, 3.63) is 24.2 Å². The minimum atomic E-state index is 0.112. The summed E-state index contributed by atoms with van der Waals surface area (Å²) in [6.07, 6.45) is 2.40. The molecule has 0 saturated heterocycles. The maximum absolute atomic E-state index is 5.30. The van der Waals surface area contributed by atoms with Crippen molar-refractivity contribution in [2.24, 2.45) is 5.84 Å². The molecule has 0 spiro atoms. The third-order valence-corrected chi connectivity index (χ3v) is 1.63. The molecule has 1 unspecified atom stereocenters. The lowest BCUT2D eigenvalue weighted by atomic mass is 10.2. The van der Waals surface area contributed by atoms with Crippen LogP contribution in [0.3, 0.4) is 0 Å². The summed E-state index contributed by atoms with van der Waals surface area (Å²) in [5, 5.41) is 0. The summed E-state index contributed by atoms with van der Waals surface area (Å²) < 4.78 is 10.1. The quantitative estimate of drug-likeness (QED) is 0.493. The van der Waals surface area contributed by atoms with Crippen molar-refractivity contribution in [3.8, 4) is 0 Å². The maximum Gasteiger partial charge on any atom is 0.105 e. The number of hydrazine groups is 1. The summed E-state index contributed by atoms with van der Waals surface area (Å²) in [4.78, 5) is 0. The van der Waals surface area contributed by atoms with Gasteiger partial charge in [-0.25, -0.2) is 0 Å². The first-order valence-corrected chi connectivity index (χ1v) is 3.84. The first-order valence-electron chi connectivity index (χ1n) is 3.84. The highest BCUT2D eigenvalue weighted by atomic mass is 16.5. The molecule has 1 aromatic heterocycles. The monoisotopic (exact) mass is 170 g/mol. The van der Waals surface area contributed by atoms with E-state index in [0.29, 0.717) is 6.61 Å². The van der Waals surface area contributed by atoms with Gasteiger partial charge in [-0.15, -0.1) is 0 Å². The normalized spacial score (nSPS) is 13.2. The number of ether oxygens (including phenoxy) is 1. The van der Waals surface area contributed by atoms with E-state index in [9.17, 15) is 0 Å². The van der Waals surface area contributed by atoms with E-state index in [1.54, 1.807) is 13.4 Å². The van der Waals surface area contributed by atoms with Crippen LogP contribution < -0.4 is 11.3 Å². The van der Waals surface area contributed by atoms with Gasteiger partial charge < -0.3 is 9.15 Å². The van der Waals surface area contributed by atoms with E-state index in [2.05, 4.69) is 5.43 Å². The first-order chi connectivity index (χ1) is 5.86. The second kappa shape index (κ2) is 4.92. The molecule has 1 aromatic rings. The molecule has 0 fully saturated rings. The Morgan fingerprint density at radius 1 is 1.75 bits per heavy atom. The molecule has 0 bridgehead atoms. The Morgan fingerprint density at radius 3 is 3.08 bits per heavy atom. The Morgan fingerprint density at radius 2 is 2.58 bits per heavy atom. The third kappa shape index (κ3) is 2.65. The number of furan rings is 1. The number of rotatable bonds is 5. The van der Waals surface area contributed by atoms with Crippen LogP contribution in [0.15, 0.2) is 22.8 Å². The lowest BCUT2D eigenvalue weighted by Gasteiger charge is -2.12. The lowest BCUT2D eigenvalue weighted by molar-refractivity contribution is 0.164. The van der Waals surface area contributed by atoms with E-state index in [0.717, 1.165) is 12.2 Å².